The molecule has 0 aromatic heterocycles. The molecule has 0 amide bonds. The zero-order valence-corrected chi connectivity index (χ0v) is 6.62. The number of nitrogens with zero attached hydrogens (tertiary/aromatic N) is 2. The molecule has 1 heterocycles. The molecule has 1 aliphatic heterocycles. The van der Waals surface area contributed by atoms with Gasteiger partial charge in [0, 0.05) is 6.21 Å². The Labute approximate surface area is 71.2 Å². The van der Waals surface area contributed by atoms with E-state index >= 15 is 0 Å². The van der Waals surface area contributed by atoms with Crippen LogP contribution in [-0.2, 0) is 6.42 Å². The number of rotatable bonds is 0. The highest BCUT2D eigenvalue weighted by Gasteiger charge is 2.05. The number of aryl methyl sites for hydroxylation is 1. The number of fused-ring (bicyclic) bond motifs is 1. The summed E-state index contributed by atoms with van der Waals surface area (Å²) in [5.41, 5.74) is 2.93. The normalized spacial score (nSPS) is 13.6. The lowest BCUT2D eigenvalue weighted by atomic mass is 10.0. The Morgan fingerprint density at radius 1 is 1.42 bits per heavy atom. The first-order valence-electron chi connectivity index (χ1n) is 3.96. The van der Waals surface area contributed by atoms with E-state index in [1.54, 1.807) is 0 Å². The summed E-state index contributed by atoms with van der Waals surface area (Å²) in [5.74, 6) is 0. The molecule has 12 heavy (non-hydrogen) atoms. The van der Waals surface area contributed by atoms with Crippen LogP contribution >= 0.6 is 0 Å². The first-order chi connectivity index (χ1) is 5.90. The number of hydrogen-bond acceptors (Lipinski definition) is 2. The van der Waals surface area contributed by atoms with E-state index in [4.69, 9.17) is 5.26 Å². The number of aliphatic imine (C=N–C) groups is 1. The van der Waals surface area contributed by atoms with Crippen LogP contribution < -0.4 is 0 Å². The van der Waals surface area contributed by atoms with Crippen molar-refractivity contribution in [3.63, 3.8) is 0 Å². The van der Waals surface area contributed by atoms with E-state index in [0.717, 1.165) is 24.1 Å². The Morgan fingerprint density at radius 2 is 2.33 bits per heavy atom. The number of nitriles is 1. The molecule has 0 bridgehead atoms. The van der Waals surface area contributed by atoms with Crippen LogP contribution in [0.25, 0.3) is 0 Å². The van der Waals surface area contributed by atoms with Gasteiger partial charge >= 0.3 is 0 Å². The summed E-state index contributed by atoms with van der Waals surface area (Å²) in [7, 11) is 0. The first kappa shape index (κ1) is 7.05. The molecule has 0 radical (unpaired) electrons. The van der Waals surface area contributed by atoms with Crippen molar-refractivity contribution in [1.82, 2.24) is 0 Å². The van der Waals surface area contributed by atoms with Gasteiger partial charge in [0.2, 0.25) is 0 Å². The Balaban J connectivity index is 2.53. The van der Waals surface area contributed by atoms with Crippen molar-refractivity contribution >= 4 is 11.9 Å². The molecule has 0 spiro atoms. The second kappa shape index (κ2) is 2.78. The maximum atomic E-state index is 8.65. The molecule has 0 aliphatic carbocycles. The lowest BCUT2D eigenvalue weighted by Gasteiger charge is -2.08. The van der Waals surface area contributed by atoms with Gasteiger partial charge in [0.1, 0.15) is 0 Å². The minimum Gasteiger partial charge on any atom is -0.261 e. The standard InChI is InChI=1S/C10H8N2/c11-7-8-3-4-10-9(6-8)2-1-5-12-10/h3-6H,1-2H2. The van der Waals surface area contributed by atoms with Crippen molar-refractivity contribution in [3.05, 3.63) is 29.3 Å². The van der Waals surface area contributed by atoms with Crippen LogP contribution in [0, 0.1) is 11.3 Å². The second-order valence-corrected chi connectivity index (χ2v) is 2.81. The molecule has 58 valence electrons. The average molecular weight is 156 g/mol. The van der Waals surface area contributed by atoms with Crippen molar-refractivity contribution in [1.29, 1.82) is 5.26 Å². The van der Waals surface area contributed by atoms with E-state index in [1.165, 1.54) is 5.56 Å². The fourth-order valence-corrected chi connectivity index (χ4v) is 1.36. The Hall–Kier alpha value is -1.62. The summed E-state index contributed by atoms with van der Waals surface area (Å²) < 4.78 is 0. The molecule has 1 aromatic rings. The molecule has 0 fully saturated rings. The highest BCUT2D eigenvalue weighted by molar-refractivity contribution is 5.69. The van der Waals surface area contributed by atoms with Gasteiger partial charge in [0.25, 0.3) is 0 Å². The SMILES string of the molecule is N#Cc1ccc2c(c1)CCC=N2. The van der Waals surface area contributed by atoms with Crippen LogP contribution in [0.3, 0.4) is 0 Å². The van der Waals surface area contributed by atoms with Crippen molar-refractivity contribution in [3.8, 4) is 6.07 Å². The summed E-state index contributed by atoms with van der Waals surface area (Å²) >= 11 is 0. The highest BCUT2D eigenvalue weighted by atomic mass is 14.7. The third-order valence-corrected chi connectivity index (χ3v) is 1.98. The van der Waals surface area contributed by atoms with Gasteiger partial charge in [0.05, 0.1) is 17.3 Å². The van der Waals surface area contributed by atoms with Crippen molar-refractivity contribution < 1.29 is 0 Å². The third-order valence-electron chi connectivity index (χ3n) is 1.98. The zero-order chi connectivity index (χ0) is 8.39. The molecular weight excluding hydrogens is 148 g/mol. The molecule has 1 aliphatic rings. The molecule has 0 saturated carbocycles. The fraction of sp³-hybridized carbons (Fsp3) is 0.200. The highest BCUT2D eigenvalue weighted by Crippen LogP contribution is 2.24. The summed E-state index contributed by atoms with van der Waals surface area (Å²) in [6, 6.07) is 7.76. The summed E-state index contributed by atoms with van der Waals surface area (Å²) in [6.07, 6.45) is 3.92. The molecule has 1 aromatic carbocycles. The van der Waals surface area contributed by atoms with Gasteiger partial charge < -0.3 is 0 Å². The Bertz CT molecular complexity index is 372. The van der Waals surface area contributed by atoms with Gasteiger partial charge in [-0.2, -0.15) is 5.26 Å². The molecule has 0 saturated heterocycles. The lowest BCUT2D eigenvalue weighted by molar-refractivity contribution is 1.03. The molecule has 2 nitrogen and oxygen atoms in total. The summed E-state index contributed by atoms with van der Waals surface area (Å²) in [5, 5.41) is 8.65. The Kier molecular flexibility index (Phi) is 1.64. The van der Waals surface area contributed by atoms with Crippen LogP contribution in [0.2, 0.25) is 0 Å². The molecule has 0 N–H and O–H groups in total. The molecule has 2 heteroatoms. The topological polar surface area (TPSA) is 36.1 Å². The number of hydrogen-bond donors (Lipinski definition) is 0. The maximum Gasteiger partial charge on any atom is 0.0991 e. The van der Waals surface area contributed by atoms with Gasteiger partial charge in [-0.25, -0.2) is 0 Å². The quantitative estimate of drug-likeness (QED) is 0.567. The monoisotopic (exact) mass is 156 g/mol. The Morgan fingerprint density at radius 3 is 3.17 bits per heavy atom. The summed E-state index contributed by atoms with van der Waals surface area (Å²) in [4.78, 5) is 4.23. The minimum atomic E-state index is 0.728. The maximum absolute atomic E-state index is 8.65. The third kappa shape index (κ3) is 1.10. The van der Waals surface area contributed by atoms with E-state index in [2.05, 4.69) is 11.1 Å². The van der Waals surface area contributed by atoms with Crippen LogP contribution in [0.1, 0.15) is 17.5 Å². The van der Waals surface area contributed by atoms with E-state index in [1.807, 2.05) is 24.4 Å². The van der Waals surface area contributed by atoms with E-state index in [-0.39, 0.29) is 0 Å². The van der Waals surface area contributed by atoms with Crippen LogP contribution in [0.5, 0.6) is 0 Å². The van der Waals surface area contributed by atoms with Gasteiger partial charge in [-0.05, 0) is 36.6 Å². The van der Waals surface area contributed by atoms with E-state index < -0.39 is 0 Å². The summed E-state index contributed by atoms with van der Waals surface area (Å²) in [6.45, 7) is 0. The largest absolute Gasteiger partial charge is 0.261 e. The van der Waals surface area contributed by atoms with E-state index in [0.29, 0.717) is 0 Å². The van der Waals surface area contributed by atoms with Crippen LogP contribution in [0.4, 0.5) is 5.69 Å². The molecular formula is C10H8N2. The van der Waals surface area contributed by atoms with Gasteiger partial charge in [0.15, 0.2) is 0 Å². The minimum absolute atomic E-state index is 0.728. The van der Waals surface area contributed by atoms with Crippen molar-refractivity contribution in [2.45, 2.75) is 12.8 Å². The van der Waals surface area contributed by atoms with Gasteiger partial charge in [-0.3, -0.25) is 4.99 Å². The van der Waals surface area contributed by atoms with Crippen LogP contribution in [-0.4, -0.2) is 6.21 Å². The number of benzene rings is 1. The van der Waals surface area contributed by atoms with Gasteiger partial charge in [-0.15, -0.1) is 0 Å². The predicted molar refractivity (Wildman–Crippen MR) is 47.6 cm³/mol. The van der Waals surface area contributed by atoms with Crippen LogP contribution in [0.15, 0.2) is 23.2 Å². The van der Waals surface area contributed by atoms with E-state index in [9.17, 15) is 0 Å². The van der Waals surface area contributed by atoms with Crippen molar-refractivity contribution in [2.24, 2.45) is 4.99 Å². The van der Waals surface area contributed by atoms with Gasteiger partial charge in [-0.1, -0.05) is 0 Å². The molecule has 0 unspecified atom stereocenters. The lowest BCUT2D eigenvalue weighted by Crippen LogP contribution is -1.93. The predicted octanol–water partition coefficient (Wildman–Crippen LogP) is 2.21. The zero-order valence-electron chi connectivity index (χ0n) is 6.62. The average Bonchev–Trinajstić information content (AvgIpc) is 2.17. The second-order valence-electron chi connectivity index (χ2n) is 2.81. The van der Waals surface area contributed by atoms with Crippen molar-refractivity contribution in [2.75, 3.05) is 0 Å². The first-order valence-corrected chi connectivity index (χ1v) is 3.96. The smallest absolute Gasteiger partial charge is 0.0991 e. The fourth-order valence-electron chi connectivity index (χ4n) is 1.36. The molecule has 0 atom stereocenters. The molecule has 2 rings (SSSR count).